The number of hydrogen-bond acceptors (Lipinski definition) is 4. The van der Waals surface area contributed by atoms with E-state index in [9.17, 15) is 0 Å². The predicted molar refractivity (Wildman–Crippen MR) is 89.6 cm³/mol. The molecule has 1 aromatic heterocycles. The van der Waals surface area contributed by atoms with E-state index in [0.29, 0.717) is 12.1 Å². The van der Waals surface area contributed by atoms with E-state index in [4.69, 9.17) is 9.47 Å². The Kier molecular flexibility index (Phi) is 4.98. The maximum atomic E-state index is 5.92. The molecule has 0 spiro atoms. The molecule has 1 saturated heterocycles. The van der Waals surface area contributed by atoms with Crippen LogP contribution in [0.1, 0.15) is 30.8 Å². The molecule has 5 heteroatoms. The van der Waals surface area contributed by atoms with Gasteiger partial charge >= 0.3 is 0 Å². The van der Waals surface area contributed by atoms with E-state index in [-0.39, 0.29) is 6.10 Å². The molecule has 5 nitrogen and oxygen atoms in total. The molecule has 0 saturated carbocycles. The van der Waals surface area contributed by atoms with Crippen LogP contribution in [0.15, 0.2) is 36.7 Å². The van der Waals surface area contributed by atoms with Gasteiger partial charge in [0.05, 0.1) is 7.11 Å². The third kappa shape index (κ3) is 3.57. The molecule has 0 aliphatic carbocycles. The Labute approximate surface area is 137 Å². The smallest absolute Gasteiger partial charge is 0.139 e. The Morgan fingerprint density at radius 1 is 1.43 bits per heavy atom. The van der Waals surface area contributed by atoms with Crippen molar-refractivity contribution < 1.29 is 9.47 Å². The molecule has 3 rings (SSSR count). The summed E-state index contributed by atoms with van der Waals surface area (Å²) in [6.45, 7) is 2.98. The molecule has 0 unspecified atom stereocenters. The van der Waals surface area contributed by atoms with Gasteiger partial charge in [-0.05, 0) is 31.4 Å². The first-order valence-corrected chi connectivity index (χ1v) is 8.16. The average molecular weight is 315 g/mol. The van der Waals surface area contributed by atoms with Crippen molar-refractivity contribution in [3.63, 3.8) is 0 Å². The van der Waals surface area contributed by atoms with E-state index in [1.54, 1.807) is 7.11 Å². The van der Waals surface area contributed by atoms with Crippen molar-refractivity contribution >= 4 is 0 Å². The van der Waals surface area contributed by atoms with Crippen LogP contribution in [0, 0.1) is 0 Å². The van der Waals surface area contributed by atoms with Gasteiger partial charge in [0.2, 0.25) is 0 Å². The Morgan fingerprint density at radius 2 is 2.26 bits per heavy atom. The van der Waals surface area contributed by atoms with Gasteiger partial charge in [0, 0.05) is 38.1 Å². The van der Waals surface area contributed by atoms with Crippen molar-refractivity contribution in [2.45, 2.75) is 38.0 Å². The SMILES string of the molecule is COc1ccccc1C[C@@H](C)N[C@H]1CCO[C@@H]1c1nccn1C. The van der Waals surface area contributed by atoms with Crippen LogP contribution in [-0.4, -0.2) is 35.4 Å². The third-order valence-electron chi connectivity index (χ3n) is 4.42. The van der Waals surface area contributed by atoms with E-state index in [2.05, 4.69) is 29.4 Å². The number of para-hydroxylation sites is 1. The standard InChI is InChI=1S/C18H25N3O2/c1-13(12-14-6-4-5-7-16(14)22-3)20-15-8-11-23-17(15)18-19-9-10-21(18)2/h4-7,9-10,13,15,17,20H,8,11-12H2,1-3H3/t13-,15+,17+/m1/s1. The summed E-state index contributed by atoms with van der Waals surface area (Å²) in [6, 6.07) is 8.82. The van der Waals surface area contributed by atoms with Gasteiger partial charge in [-0.3, -0.25) is 0 Å². The van der Waals surface area contributed by atoms with Crippen molar-refractivity contribution in [2.75, 3.05) is 13.7 Å². The maximum absolute atomic E-state index is 5.92. The minimum atomic E-state index is 0.0233. The lowest BCUT2D eigenvalue weighted by Gasteiger charge is -2.24. The summed E-state index contributed by atoms with van der Waals surface area (Å²) >= 11 is 0. The maximum Gasteiger partial charge on any atom is 0.139 e. The summed E-state index contributed by atoms with van der Waals surface area (Å²) in [5, 5.41) is 3.71. The van der Waals surface area contributed by atoms with Gasteiger partial charge in [-0.1, -0.05) is 18.2 Å². The zero-order valence-corrected chi connectivity index (χ0v) is 14.0. The highest BCUT2D eigenvalue weighted by Crippen LogP contribution is 2.28. The quantitative estimate of drug-likeness (QED) is 0.890. The normalized spacial score (nSPS) is 22.2. The summed E-state index contributed by atoms with van der Waals surface area (Å²) in [5.74, 6) is 1.94. The van der Waals surface area contributed by atoms with E-state index in [0.717, 1.165) is 31.0 Å². The van der Waals surface area contributed by atoms with Gasteiger partial charge in [-0.15, -0.1) is 0 Å². The number of nitrogens with one attached hydrogen (secondary N) is 1. The summed E-state index contributed by atoms with van der Waals surface area (Å²) in [4.78, 5) is 4.44. The van der Waals surface area contributed by atoms with Crippen LogP contribution in [0.25, 0.3) is 0 Å². The van der Waals surface area contributed by atoms with Crippen molar-refractivity contribution in [1.29, 1.82) is 0 Å². The number of aromatic nitrogens is 2. The van der Waals surface area contributed by atoms with Crippen molar-refractivity contribution in [3.8, 4) is 5.75 Å². The fraction of sp³-hybridized carbons (Fsp3) is 0.500. The summed E-state index contributed by atoms with van der Waals surface area (Å²) in [6.07, 6.45) is 5.75. The van der Waals surface area contributed by atoms with E-state index in [1.807, 2.05) is 36.1 Å². The predicted octanol–water partition coefficient (Wildman–Crippen LogP) is 2.48. The molecule has 0 amide bonds. The molecule has 124 valence electrons. The van der Waals surface area contributed by atoms with Crippen LogP contribution in [0.5, 0.6) is 5.75 Å². The van der Waals surface area contributed by atoms with Crippen LogP contribution in [0.2, 0.25) is 0 Å². The van der Waals surface area contributed by atoms with Crippen LogP contribution in [-0.2, 0) is 18.2 Å². The number of aryl methyl sites for hydroxylation is 1. The molecular formula is C18H25N3O2. The lowest BCUT2D eigenvalue weighted by molar-refractivity contribution is 0.0876. The van der Waals surface area contributed by atoms with Gasteiger partial charge in [0.1, 0.15) is 17.7 Å². The van der Waals surface area contributed by atoms with E-state index >= 15 is 0 Å². The van der Waals surface area contributed by atoms with Gasteiger partial charge in [-0.25, -0.2) is 4.98 Å². The highest BCUT2D eigenvalue weighted by atomic mass is 16.5. The Hall–Kier alpha value is -1.85. The molecule has 1 N–H and O–H groups in total. The average Bonchev–Trinajstić information content (AvgIpc) is 3.16. The molecule has 2 heterocycles. The Morgan fingerprint density at radius 3 is 3.00 bits per heavy atom. The molecule has 2 aromatic rings. The zero-order chi connectivity index (χ0) is 16.2. The number of ether oxygens (including phenoxy) is 2. The van der Waals surface area contributed by atoms with E-state index < -0.39 is 0 Å². The number of nitrogens with zero attached hydrogens (tertiary/aromatic N) is 2. The fourth-order valence-corrected chi connectivity index (χ4v) is 3.29. The summed E-state index contributed by atoms with van der Waals surface area (Å²) < 4.78 is 13.4. The lowest BCUT2D eigenvalue weighted by atomic mass is 10.0. The Balaban J connectivity index is 1.65. The van der Waals surface area contributed by atoms with Gasteiger partial charge < -0.3 is 19.4 Å². The van der Waals surface area contributed by atoms with Crippen LogP contribution >= 0.6 is 0 Å². The first kappa shape index (κ1) is 16.0. The number of imidazole rings is 1. The third-order valence-corrected chi connectivity index (χ3v) is 4.42. The summed E-state index contributed by atoms with van der Waals surface area (Å²) in [5.41, 5.74) is 1.22. The molecule has 1 aromatic carbocycles. The number of rotatable bonds is 6. The fourth-order valence-electron chi connectivity index (χ4n) is 3.29. The van der Waals surface area contributed by atoms with Gasteiger partial charge in [-0.2, -0.15) is 0 Å². The van der Waals surface area contributed by atoms with Crippen molar-refractivity contribution in [3.05, 3.63) is 48.0 Å². The highest BCUT2D eigenvalue weighted by molar-refractivity contribution is 5.33. The largest absolute Gasteiger partial charge is 0.496 e. The molecule has 0 radical (unpaired) electrons. The molecule has 3 atom stereocenters. The van der Waals surface area contributed by atoms with Crippen molar-refractivity contribution in [1.82, 2.24) is 14.9 Å². The highest BCUT2D eigenvalue weighted by Gasteiger charge is 2.33. The van der Waals surface area contributed by atoms with Gasteiger partial charge in [0.15, 0.2) is 0 Å². The molecule has 1 fully saturated rings. The topological polar surface area (TPSA) is 48.3 Å². The minimum Gasteiger partial charge on any atom is -0.496 e. The second-order valence-electron chi connectivity index (χ2n) is 6.17. The first-order valence-electron chi connectivity index (χ1n) is 8.16. The first-order chi connectivity index (χ1) is 11.2. The lowest BCUT2D eigenvalue weighted by Crippen LogP contribution is -2.40. The molecule has 1 aliphatic heterocycles. The minimum absolute atomic E-state index is 0.0233. The molecule has 0 bridgehead atoms. The molecule has 23 heavy (non-hydrogen) atoms. The van der Waals surface area contributed by atoms with Gasteiger partial charge in [0.25, 0.3) is 0 Å². The number of methoxy groups -OCH3 is 1. The summed E-state index contributed by atoms with van der Waals surface area (Å²) in [7, 11) is 3.73. The van der Waals surface area contributed by atoms with Crippen LogP contribution in [0.4, 0.5) is 0 Å². The number of benzene rings is 1. The van der Waals surface area contributed by atoms with E-state index in [1.165, 1.54) is 5.56 Å². The second-order valence-corrected chi connectivity index (χ2v) is 6.17. The van der Waals surface area contributed by atoms with Crippen LogP contribution in [0.3, 0.4) is 0 Å². The number of hydrogen-bond donors (Lipinski definition) is 1. The zero-order valence-electron chi connectivity index (χ0n) is 14.0. The Bertz CT molecular complexity index is 641. The van der Waals surface area contributed by atoms with Crippen molar-refractivity contribution in [2.24, 2.45) is 7.05 Å². The molecular weight excluding hydrogens is 290 g/mol. The molecule has 1 aliphatic rings. The van der Waals surface area contributed by atoms with Crippen LogP contribution < -0.4 is 10.1 Å². The second kappa shape index (κ2) is 7.15. The monoisotopic (exact) mass is 315 g/mol.